The zero-order valence-electron chi connectivity index (χ0n) is 16.2. The number of nitrogens with one attached hydrogen (secondary N) is 1. The Hall–Kier alpha value is -2.84. The molecule has 1 N–H and O–H groups in total. The number of fused-ring (bicyclic) bond motifs is 1. The first-order valence-electron chi connectivity index (χ1n) is 9.50. The fraction of sp³-hybridized carbons (Fsp3) is 0.160. The van der Waals surface area contributed by atoms with Gasteiger partial charge < -0.3 is 5.32 Å². The van der Waals surface area contributed by atoms with Crippen LogP contribution in [0.2, 0.25) is 5.02 Å². The van der Waals surface area contributed by atoms with E-state index in [1.54, 1.807) is 0 Å². The van der Waals surface area contributed by atoms with Gasteiger partial charge in [-0.2, -0.15) is 0 Å². The highest BCUT2D eigenvalue weighted by Gasteiger charge is 2.05. The minimum atomic E-state index is 0.715. The third-order valence-electron chi connectivity index (χ3n) is 5.08. The summed E-state index contributed by atoms with van der Waals surface area (Å²) in [5.74, 6) is 0. The maximum Gasteiger partial charge on any atom is 0.0702 e. The first kappa shape index (κ1) is 18.5. The van der Waals surface area contributed by atoms with Gasteiger partial charge in [0.15, 0.2) is 0 Å². The highest BCUT2D eigenvalue weighted by Crippen LogP contribution is 2.22. The monoisotopic (exact) mass is 386 g/mol. The summed E-state index contributed by atoms with van der Waals surface area (Å²) < 4.78 is 0. The van der Waals surface area contributed by atoms with Crippen molar-refractivity contribution in [3.63, 3.8) is 0 Å². The molecule has 4 rings (SSSR count). The summed E-state index contributed by atoms with van der Waals surface area (Å²) in [6.45, 7) is 4.93. The number of aromatic nitrogens is 1. The molecule has 0 saturated carbocycles. The fourth-order valence-corrected chi connectivity index (χ4v) is 3.73. The van der Waals surface area contributed by atoms with Crippen LogP contribution >= 0.6 is 11.6 Å². The average molecular weight is 387 g/mol. The molecule has 0 bridgehead atoms. The summed E-state index contributed by atoms with van der Waals surface area (Å²) in [5.41, 5.74) is 8.25. The van der Waals surface area contributed by atoms with Crippen LogP contribution in [0.4, 0.5) is 5.69 Å². The van der Waals surface area contributed by atoms with Crippen molar-refractivity contribution in [3.8, 4) is 0 Å². The second-order valence-corrected chi connectivity index (χ2v) is 7.71. The van der Waals surface area contributed by atoms with Crippen LogP contribution in [0.1, 0.15) is 27.8 Å². The summed E-state index contributed by atoms with van der Waals surface area (Å²) in [6.07, 6.45) is 2.86. The molecule has 3 heteroatoms. The molecule has 28 heavy (non-hydrogen) atoms. The van der Waals surface area contributed by atoms with E-state index in [4.69, 9.17) is 11.6 Å². The minimum absolute atomic E-state index is 0.715. The van der Waals surface area contributed by atoms with E-state index in [9.17, 15) is 0 Å². The predicted molar refractivity (Wildman–Crippen MR) is 119 cm³/mol. The topological polar surface area (TPSA) is 24.9 Å². The van der Waals surface area contributed by atoms with Crippen molar-refractivity contribution in [1.29, 1.82) is 0 Å². The van der Waals surface area contributed by atoms with Crippen molar-refractivity contribution >= 4 is 28.2 Å². The number of halogens is 1. The molecule has 0 atom stereocenters. The molecule has 0 aliphatic heterocycles. The largest absolute Gasteiger partial charge is 0.381 e. The van der Waals surface area contributed by atoms with Gasteiger partial charge in [-0.3, -0.25) is 4.98 Å². The van der Waals surface area contributed by atoms with Crippen LogP contribution in [0.3, 0.4) is 0 Å². The smallest absolute Gasteiger partial charge is 0.0702 e. The molecule has 2 nitrogen and oxygen atoms in total. The zero-order chi connectivity index (χ0) is 19.5. The molecule has 1 aromatic heterocycles. The van der Waals surface area contributed by atoms with Crippen LogP contribution in [-0.2, 0) is 13.0 Å². The SMILES string of the molecule is Cc1ccc(CNc2ccc(Cc3cnc4ccccc4c3)c(C)c2)c(Cl)c1. The maximum atomic E-state index is 6.34. The first-order valence-corrected chi connectivity index (χ1v) is 9.88. The molecule has 0 aliphatic carbocycles. The van der Waals surface area contributed by atoms with E-state index in [1.165, 1.54) is 27.6 Å². The molecule has 0 amide bonds. The summed E-state index contributed by atoms with van der Waals surface area (Å²) in [4.78, 5) is 4.58. The number of hydrogen-bond acceptors (Lipinski definition) is 2. The molecule has 1 heterocycles. The molecule has 0 unspecified atom stereocenters. The summed E-state index contributed by atoms with van der Waals surface area (Å²) >= 11 is 6.34. The maximum absolute atomic E-state index is 6.34. The Morgan fingerprint density at radius 1 is 0.893 bits per heavy atom. The lowest BCUT2D eigenvalue weighted by molar-refractivity contribution is 1.12. The Bertz CT molecular complexity index is 1130. The lowest BCUT2D eigenvalue weighted by atomic mass is 10.00. The Labute approximate surface area is 171 Å². The Balaban J connectivity index is 1.47. The Kier molecular flexibility index (Phi) is 5.31. The second-order valence-electron chi connectivity index (χ2n) is 7.30. The number of anilines is 1. The summed E-state index contributed by atoms with van der Waals surface area (Å²) in [6, 6.07) is 23.2. The number of hydrogen-bond donors (Lipinski definition) is 1. The normalized spacial score (nSPS) is 11.0. The molecule has 0 saturated heterocycles. The fourth-order valence-electron chi connectivity index (χ4n) is 3.43. The van der Waals surface area contributed by atoms with Gasteiger partial charge in [-0.25, -0.2) is 0 Å². The van der Waals surface area contributed by atoms with Gasteiger partial charge >= 0.3 is 0 Å². The lowest BCUT2D eigenvalue weighted by Gasteiger charge is -2.12. The van der Waals surface area contributed by atoms with Crippen molar-refractivity contribution in [3.05, 3.63) is 106 Å². The molecular formula is C25H23ClN2. The number of aryl methyl sites for hydroxylation is 2. The van der Waals surface area contributed by atoms with E-state index in [-0.39, 0.29) is 0 Å². The van der Waals surface area contributed by atoms with Crippen LogP contribution in [-0.4, -0.2) is 4.98 Å². The Morgan fingerprint density at radius 2 is 1.71 bits per heavy atom. The molecule has 3 aromatic carbocycles. The molecular weight excluding hydrogens is 364 g/mol. The summed E-state index contributed by atoms with van der Waals surface area (Å²) in [7, 11) is 0. The first-order chi connectivity index (χ1) is 13.6. The van der Waals surface area contributed by atoms with Crippen molar-refractivity contribution in [1.82, 2.24) is 4.98 Å². The van der Waals surface area contributed by atoms with Gasteiger partial charge in [0.2, 0.25) is 0 Å². The van der Waals surface area contributed by atoms with Gasteiger partial charge in [-0.1, -0.05) is 48.0 Å². The Morgan fingerprint density at radius 3 is 2.54 bits per heavy atom. The third-order valence-corrected chi connectivity index (χ3v) is 5.43. The van der Waals surface area contributed by atoms with Gasteiger partial charge in [0.1, 0.15) is 0 Å². The van der Waals surface area contributed by atoms with Crippen LogP contribution in [0, 0.1) is 13.8 Å². The van der Waals surface area contributed by atoms with E-state index >= 15 is 0 Å². The standard InChI is InChI=1S/C25H23ClN2/c1-17-7-8-22(24(26)11-17)16-27-23-10-9-20(18(2)12-23)13-19-14-21-5-3-4-6-25(21)28-15-19/h3-12,14-15,27H,13,16H2,1-2H3. The van der Waals surface area contributed by atoms with Gasteiger partial charge in [-0.05, 0) is 78.4 Å². The molecule has 0 spiro atoms. The predicted octanol–water partition coefficient (Wildman–Crippen LogP) is 6.71. The average Bonchev–Trinajstić information content (AvgIpc) is 2.69. The third kappa shape index (κ3) is 4.18. The van der Waals surface area contributed by atoms with Crippen LogP contribution < -0.4 is 5.32 Å². The van der Waals surface area contributed by atoms with Gasteiger partial charge in [0, 0.05) is 28.8 Å². The van der Waals surface area contributed by atoms with E-state index < -0.39 is 0 Å². The highest BCUT2D eigenvalue weighted by atomic mass is 35.5. The van der Waals surface area contributed by atoms with Gasteiger partial charge in [0.25, 0.3) is 0 Å². The number of benzene rings is 3. The number of rotatable bonds is 5. The minimum Gasteiger partial charge on any atom is -0.381 e. The quantitative estimate of drug-likeness (QED) is 0.412. The number of nitrogens with zero attached hydrogens (tertiary/aromatic N) is 1. The molecule has 0 aliphatic rings. The van der Waals surface area contributed by atoms with E-state index in [0.29, 0.717) is 6.54 Å². The van der Waals surface area contributed by atoms with Crippen molar-refractivity contribution in [2.45, 2.75) is 26.8 Å². The van der Waals surface area contributed by atoms with E-state index in [1.807, 2.05) is 24.4 Å². The van der Waals surface area contributed by atoms with Crippen LogP contribution in [0.5, 0.6) is 0 Å². The van der Waals surface area contributed by atoms with Gasteiger partial charge in [-0.15, -0.1) is 0 Å². The van der Waals surface area contributed by atoms with Crippen LogP contribution in [0.25, 0.3) is 10.9 Å². The number of para-hydroxylation sites is 1. The van der Waals surface area contributed by atoms with Crippen molar-refractivity contribution in [2.24, 2.45) is 0 Å². The van der Waals surface area contributed by atoms with Crippen molar-refractivity contribution in [2.75, 3.05) is 5.32 Å². The molecule has 4 aromatic rings. The van der Waals surface area contributed by atoms with Crippen molar-refractivity contribution < 1.29 is 0 Å². The van der Waals surface area contributed by atoms with E-state index in [2.05, 4.69) is 72.7 Å². The molecule has 140 valence electrons. The highest BCUT2D eigenvalue weighted by molar-refractivity contribution is 6.31. The van der Waals surface area contributed by atoms with Crippen LogP contribution in [0.15, 0.2) is 72.9 Å². The van der Waals surface area contributed by atoms with Gasteiger partial charge in [0.05, 0.1) is 5.52 Å². The van der Waals surface area contributed by atoms with E-state index in [0.717, 1.165) is 28.2 Å². The molecule has 0 fully saturated rings. The molecule has 0 radical (unpaired) electrons. The second kappa shape index (κ2) is 8.04. The zero-order valence-corrected chi connectivity index (χ0v) is 16.9. The lowest BCUT2D eigenvalue weighted by Crippen LogP contribution is -2.01. The summed E-state index contributed by atoms with van der Waals surface area (Å²) in [5, 5.41) is 5.48. The number of pyridine rings is 1.